The summed E-state index contributed by atoms with van der Waals surface area (Å²) in [7, 11) is 0.908. The molecular formula is C23H29FN2O4S. The van der Waals surface area contributed by atoms with Crippen LogP contribution >= 0.6 is 0 Å². The van der Waals surface area contributed by atoms with Gasteiger partial charge in [-0.25, -0.2) is 12.8 Å². The minimum atomic E-state index is -3.69. The number of rotatable bonds is 7. The predicted molar refractivity (Wildman–Crippen MR) is 117 cm³/mol. The van der Waals surface area contributed by atoms with Crippen molar-refractivity contribution in [3.05, 3.63) is 59.4 Å². The van der Waals surface area contributed by atoms with Crippen LogP contribution in [0.2, 0.25) is 0 Å². The van der Waals surface area contributed by atoms with Gasteiger partial charge < -0.3 is 9.64 Å². The Labute approximate surface area is 183 Å². The molecule has 0 spiro atoms. The van der Waals surface area contributed by atoms with E-state index in [1.165, 1.54) is 40.6 Å². The van der Waals surface area contributed by atoms with E-state index in [-0.39, 0.29) is 34.7 Å². The van der Waals surface area contributed by atoms with Gasteiger partial charge in [0.2, 0.25) is 10.0 Å². The van der Waals surface area contributed by atoms with Crippen LogP contribution in [0.5, 0.6) is 5.75 Å². The van der Waals surface area contributed by atoms with Crippen molar-refractivity contribution < 1.29 is 22.3 Å². The molecule has 0 N–H and O–H groups in total. The summed E-state index contributed by atoms with van der Waals surface area (Å²) in [6.07, 6.45) is 4.91. The third kappa shape index (κ3) is 5.25. The average Bonchev–Trinajstić information content (AvgIpc) is 2.78. The van der Waals surface area contributed by atoms with Crippen LogP contribution < -0.4 is 4.74 Å². The molecule has 31 heavy (non-hydrogen) atoms. The fourth-order valence-corrected chi connectivity index (χ4v) is 5.43. The summed E-state index contributed by atoms with van der Waals surface area (Å²) in [5.74, 6) is -0.703. The summed E-state index contributed by atoms with van der Waals surface area (Å²) in [5, 5.41) is 0. The fourth-order valence-electron chi connectivity index (χ4n) is 3.97. The molecule has 0 aliphatic heterocycles. The van der Waals surface area contributed by atoms with Gasteiger partial charge in [-0.2, -0.15) is 4.31 Å². The monoisotopic (exact) mass is 448 g/mol. The third-order valence-electron chi connectivity index (χ3n) is 5.83. The Morgan fingerprint density at radius 3 is 2.45 bits per heavy atom. The quantitative estimate of drug-likeness (QED) is 0.641. The molecule has 1 aliphatic rings. The van der Waals surface area contributed by atoms with E-state index in [4.69, 9.17) is 4.74 Å². The molecule has 1 aliphatic carbocycles. The molecule has 1 fully saturated rings. The zero-order chi connectivity index (χ0) is 22.6. The van der Waals surface area contributed by atoms with E-state index in [0.717, 1.165) is 32.1 Å². The summed E-state index contributed by atoms with van der Waals surface area (Å²) in [4.78, 5) is 14.4. The van der Waals surface area contributed by atoms with E-state index in [1.807, 2.05) is 0 Å². The van der Waals surface area contributed by atoms with Crippen LogP contribution in [0.25, 0.3) is 0 Å². The standard InChI is InChI=1S/C23H29FN2O4S/c1-25(16-17-12-13-22(30-3)21(24)14-17)23(27)18-8-7-11-20(15-18)31(28,29)26(2)19-9-5-4-6-10-19/h7-8,11-15,19H,4-6,9-10,16H2,1-3H3. The summed E-state index contributed by atoms with van der Waals surface area (Å²) < 4.78 is 46.5. The zero-order valence-electron chi connectivity index (χ0n) is 18.2. The SMILES string of the molecule is COc1ccc(CN(C)C(=O)c2cccc(S(=O)(=O)N(C)C3CCCCC3)c2)cc1F. The van der Waals surface area contributed by atoms with Gasteiger partial charge in [-0.15, -0.1) is 0 Å². The molecule has 1 amide bonds. The van der Waals surface area contributed by atoms with Crippen LogP contribution in [0.1, 0.15) is 48.0 Å². The van der Waals surface area contributed by atoms with Crippen LogP contribution in [0.3, 0.4) is 0 Å². The van der Waals surface area contributed by atoms with E-state index in [9.17, 15) is 17.6 Å². The highest BCUT2D eigenvalue weighted by molar-refractivity contribution is 7.89. The summed E-state index contributed by atoms with van der Waals surface area (Å²) in [6, 6.07) is 10.6. The molecule has 8 heteroatoms. The molecule has 0 bridgehead atoms. The van der Waals surface area contributed by atoms with Gasteiger partial charge in [0.05, 0.1) is 12.0 Å². The first-order valence-corrected chi connectivity index (χ1v) is 11.8. The van der Waals surface area contributed by atoms with Gasteiger partial charge in [0.1, 0.15) is 0 Å². The normalized spacial score (nSPS) is 15.1. The number of amides is 1. The number of methoxy groups -OCH3 is 1. The highest BCUT2D eigenvalue weighted by atomic mass is 32.2. The summed E-state index contributed by atoms with van der Waals surface area (Å²) in [6.45, 7) is 0.179. The molecule has 2 aromatic rings. The summed E-state index contributed by atoms with van der Waals surface area (Å²) >= 11 is 0. The van der Waals surface area contributed by atoms with E-state index < -0.39 is 15.8 Å². The minimum absolute atomic E-state index is 0.00857. The number of halogens is 1. The number of ether oxygens (including phenoxy) is 1. The molecule has 3 rings (SSSR count). The average molecular weight is 449 g/mol. The molecule has 0 heterocycles. The van der Waals surface area contributed by atoms with Crippen molar-refractivity contribution in [3.8, 4) is 5.75 Å². The third-order valence-corrected chi connectivity index (χ3v) is 7.74. The molecule has 0 radical (unpaired) electrons. The van der Waals surface area contributed by atoms with E-state index in [1.54, 1.807) is 32.3 Å². The van der Waals surface area contributed by atoms with Gasteiger partial charge in [-0.1, -0.05) is 31.4 Å². The zero-order valence-corrected chi connectivity index (χ0v) is 19.0. The van der Waals surface area contributed by atoms with E-state index in [2.05, 4.69) is 0 Å². The second-order valence-electron chi connectivity index (χ2n) is 7.97. The number of benzene rings is 2. The molecule has 1 saturated carbocycles. The van der Waals surface area contributed by atoms with Crippen LogP contribution in [0.4, 0.5) is 4.39 Å². The molecule has 0 unspecified atom stereocenters. The molecule has 6 nitrogen and oxygen atoms in total. The first-order valence-electron chi connectivity index (χ1n) is 10.4. The van der Waals surface area contributed by atoms with Crippen molar-refractivity contribution in [2.75, 3.05) is 21.2 Å². The fraction of sp³-hybridized carbons (Fsp3) is 0.435. The molecule has 2 aromatic carbocycles. The first kappa shape index (κ1) is 23.2. The topological polar surface area (TPSA) is 66.9 Å². The number of nitrogens with zero attached hydrogens (tertiary/aromatic N) is 2. The van der Waals surface area contributed by atoms with Gasteiger partial charge in [0.15, 0.2) is 11.6 Å². The van der Waals surface area contributed by atoms with Gasteiger partial charge in [-0.05, 0) is 48.7 Å². The first-order chi connectivity index (χ1) is 14.7. The van der Waals surface area contributed by atoms with Crippen LogP contribution in [-0.4, -0.2) is 50.8 Å². The molecule has 0 atom stereocenters. The Morgan fingerprint density at radius 2 is 1.81 bits per heavy atom. The van der Waals surface area contributed by atoms with Crippen molar-refractivity contribution in [3.63, 3.8) is 0 Å². The van der Waals surface area contributed by atoms with Gasteiger partial charge in [-0.3, -0.25) is 4.79 Å². The van der Waals surface area contributed by atoms with E-state index >= 15 is 0 Å². The lowest BCUT2D eigenvalue weighted by atomic mass is 9.96. The lowest BCUT2D eigenvalue weighted by molar-refractivity contribution is 0.0784. The van der Waals surface area contributed by atoms with Gasteiger partial charge in [0.25, 0.3) is 5.91 Å². The molecular weight excluding hydrogens is 419 g/mol. The predicted octanol–water partition coefficient (Wildman–Crippen LogP) is 4.06. The molecule has 0 saturated heterocycles. The maximum absolute atomic E-state index is 13.9. The summed E-state index contributed by atoms with van der Waals surface area (Å²) in [5.41, 5.74) is 0.879. The lowest BCUT2D eigenvalue weighted by Crippen LogP contribution is -2.38. The van der Waals surface area contributed by atoms with Crippen molar-refractivity contribution >= 4 is 15.9 Å². The molecule has 0 aromatic heterocycles. The Bertz CT molecular complexity index is 1040. The second kappa shape index (κ2) is 9.78. The number of hydrogen-bond acceptors (Lipinski definition) is 4. The maximum Gasteiger partial charge on any atom is 0.253 e. The lowest BCUT2D eigenvalue weighted by Gasteiger charge is -2.30. The molecule has 168 valence electrons. The number of carbonyl (C=O) groups is 1. The Morgan fingerprint density at radius 1 is 1.10 bits per heavy atom. The van der Waals surface area contributed by atoms with Crippen molar-refractivity contribution in [1.29, 1.82) is 0 Å². The number of hydrogen-bond donors (Lipinski definition) is 0. The number of sulfonamides is 1. The largest absolute Gasteiger partial charge is 0.494 e. The maximum atomic E-state index is 13.9. The minimum Gasteiger partial charge on any atom is -0.494 e. The van der Waals surface area contributed by atoms with Crippen molar-refractivity contribution in [2.24, 2.45) is 0 Å². The van der Waals surface area contributed by atoms with Crippen molar-refractivity contribution in [1.82, 2.24) is 9.21 Å². The number of carbonyl (C=O) groups excluding carboxylic acids is 1. The van der Waals surface area contributed by atoms with Gasteiger partial charge >= 0.3 is 0 Å². The highest BCUT2D eigenvalue weighted by Crippen LogP contribution is 2.27. The Kier molecular flexibility index (Phi) is 7.33. The van der Waals surface area contributed by atoms with Crippen molar-refractivity contribution in [2.45, 2.75) is 49.6 Å². The highest BCUT2D eigenvalue weighted by Gasteiger charge is 2.29. The smallest absolute Gasteiger partial charge is 0.253 e. The van der Waals surface area contributed by atoms with Crippen LogP contribution in [-0.2, 0) is 16.6 Å². The Hall–Kier alpha value is -2.45. The Balaban J connectivity index is 1.76. The van der Waals surface area contributed by atoms with Gasteiger partial charge in [0, 0.05) is 32.2 Å². The second-order valence-corrected chi connectivity index (χ2v) is 9.97. The van der Waals surface area contributed by atoms with Crippen LogP contribution in [0, 0.1) is 5.82 Å². The van der Waals surface area contributed by atoms with Crippen LogP contribution in [0.15, 0.2) is 47.4 Å². The van der Waals surface area contributed by atoms with E-state index in [0.29, 0.717) is 5.56 Å².